The first-order valence-electron chi connectivity index (χ1n) is 54.5. The van der Waals surface area contributed by atoms with E-state index in [-0.39, 0.29) is 64.6 Å². The molecule has 7 aromatic rings. The lowest BCUT2D eigenvalue weighted by atomic mass is 10.0. The van der Waals surface area contributed by atoms with E-state index in [1.807, 2.05) is 74.5 Å². The quantitative estimate of drug-likeness (QED) is 0.0264. The first-order valence-corrected chi connectivity index (χ1v) is 58.2. The molecule has 1 aromatic heterocycles. The van der Waals surface area contributed by atoms with E-state index in [4.69, 9.17) is 43.1 Å². The van der Waals surface area contributed by atoms with Gasteiger partial charge in [-0.15, -0.1) is 0 Å². The summed E-state index contributed by atoms with van der Waals surface area (Å²) in [5.41, 5.74) is 1.06. The second-order valence-electron chi connectivity index (χ2n) is 39.0. The summed E-state index contributed by atoms with van der Waals surface area (Å²) in [4.78, 5) is 87.0. The van der Waals surface area contributed by atoms with Crippen LogP contribution in [0.15, 0.2) is 169 Å². The molecule has 0 bridgehead atoms. The van der Waals surface area contributed by atoms with Crippen molar-refractivity contribution in [2.24, 2.45) is 9.98 Å². The number of ether oxygens (including phenoxy) is 7. The minimum atomic E-state index is -4.34. The molecule has 4 heterocycles. The maximum Gasteiger partial charge on any atom is 0.418 e. The van der Waals surface area contributed by atoms with Gasteiger partial charge >= 0.3 is 12.1 Å². The van der Waals surface area contributed by atoms with Crippen LogP contribution in [-0.2, 0) is 48.6 Å². The number of amidine groups is 2. The van der Waals surface area contributed by atoms with E-state index >= 15 is 9.59 Å². The molecule has 28 heteroatoms. The number of nitrogens with one attached hydrogen (secondary N) is 2. The van der Waals surface area contributed by atoms with Crippen LogP contribution in [-0.4, -0.2) is 146 Å². The fourth-order valence-corrected chi connectivity index (χ4v) is 22.4. The predicted molar refractivity (Wildman–Crippen MR) is 577 cm³/mol. The number of sulfonamides is 2. The smallest absolute Gasteiger partial charge is 0.418 e. The number of unbranched alkanes of at least 4 members (excludes halogenated alkanes) is 43. The summed E-state index contributed by atoms with van der Waals surface area (Å²) in [6.07, 6.45) is 59.1. The van der Waals surface area contributed by atoms with Crippen LogP contribution >= 0.6 is 11.8 Å². The SMILES string of the molecule is CCCCCCCCCCCCCCCCCCN1C(C(C(=O)Nc2cc(C)ccc2Oc2ccccc2OCCCCCCCCCCCC)n2cnc(C(=O)OC)c2)=Nc2ccccc2S1(=O)=O.CCCCCCCCCCCCOCCCN1C(C(C(=O)Nc2cc(C)ccc2Sc2cc(OCCCCCCCC)ccc2OCCCCCCCC)N2C(=O)OC(C)(C)C2=O)=Nc2ccccc2S1(=O)=O. The zero-order valence-corrected chi connectivity index (χ0v) is 90.4. The average Bonchev–Trinajstić information content (AvgIpc) is 1.73. The number of hydrogen-bond donors (Lipinski definition) is 2. The monoisotopic (exact) mass is 2030 g/mol. The molecule has 4 amide bonds. The topological polar surface area (TPSA) is 295 Å². The van der Waals surface area contributed by atoms with Crippen LogP contribution in [0.3, 0.4) is 0 Å². The number of rotatable bonds is 73. The maximum absolute atomic E-state index is 15.2. The van der Waals surface area contributed by atoms with Crippen LogP contribution in [0.25, 0.3) is 0 Å². The Morgan fingerprint density at radius 1 is 0.413 bits per heavy atom. The third-order valence-corrected chi connectivity index (χ3v) is 31.3. The standard InChI is InChI=1S/C58H86N4O9S2.C57H83N5O7S/c1-7-10-13-16-19-20-21-22-23-28-39-68-40-31-38-61-54(59-47-32-26-27-33-52(47)73(61,66)67)53(62-56(64)58(5,6)71-57(62)65)55(63)60-48-43-45(4)34-37-50(48)72-51-44-46(69-41-29-24-17-14-11-8-2)35-36-49(51)70-42-30-25-18-15-12-9-3;1-5-7-9-11-13-15-17-18-19-20-21-22-23-25-27-33-41-62-55(59-47-35-29-32-38-53(47)70(62,65)66)54(61-44-49(58-45-61)57(64)67-4)56(63)60-48-43-46(3)39-40-50(48)69-52-37-31-30-36-51(52)68-42-34-28-26-24-16-14-12-10-8-6-2/h26-27,32-37,43-44,53H,7-25,28-31,38-42H2,1-6H3,(H,60,63);29-32,35-40,43-45,54H,5-28,33-34,41-42H2,1-4H3,(H,60,63). The van der Waals surface area contributed by atoms with Crippen LogP contribution in [0.2, 0.25) is 0 Å². The molecule has 1 saturated heterocycles. The van der Waals surface area contributed by atoms with Crippen molar-refractivity contribution < 1.29 is 74.0 Å². The number of imidazole rings is 1. The van der Waals surface area contributed by atoms with Gasteiger partial charge in [0, 0.05) is 37.4 Å². The summed E-state index contributed by atoms with van der Waals surface area (Å²) >= 11 is 1.39. The van der Waals surface area contributed by atoms with Crippen LogP contribution in [0, 0.1) is 13.8 Å². The lowest BCUT2D eigenvalue weighted by Crippen LogP contribution is -2.59. The van der Waals surface area contributed by atoms with Gasteiger partial charge in [-0.3, -0.25) is 23.0 Å². The minimum absolute atomic E-state index is 0.00758. The summed E-state index contributed by atoms with van der Waals surface area (Å²) in [5.74, 6) is -0.435. The number of methoxy groups -OCH3 is 1. The number of cyclic esters (lactones) is 1. The molecule has 0 aliphatic carbocycles. The van der Waals surface area contributed by atoms with Gasteiger partial charge in [-0.1, -0.05) is 371 Å². The maximum atomic E-state index is 15.2. The molecule has 6 aromatic carbocycles. The van der Waals surface area contributed by atoms with Crippen molar-refractivity contribution in [3.63, 3.8) is 0 Å². The van der Waals surface area contributed by atoms with Gasteiger partial charge in [-0.05, 0) is 156 Å². The Morgan fingerprint density at radius 2 is 0.804 bits per heavy atom. The largest absolute Gasteiger partial charge is 0.494 e. The zero-order chi connectivity index (χ0) is 102. The number of aliphatic imine (C=N–C) groups is 2. The molecule has 3 aliphatic heterocycles. The highest BCUT2D eigenvalue weighted by molar-refractivity contribution is 7.99. The highest BCUT2D eigenvalue weighted by Crippen LogP contribution is 2.45. The van der Waals surface area contributed by atoms with E-state index in [1.165, 1.54) is 278 Å². The number of imide groups is 1. The first kappa shape index (κ1) is 117. The van der Waals surface area contributed by atoms with Crippen molar-refractivity contribution in [3.05, 3.63) is 157 Å². The van der Waals surface area contributed by atoms with Crippen LogP contribution in [0.1, 0.15) is 391 Å². The number of aromatic nitrogens is 2. The number of fused-ring (bicyclic) bond motifs is 2. The summed E-state index contributed by atoms with van der Waals surface area (Å²) in [6.45, 7) is 20.3. The molecule has 788 valence electrons. The molecule has 143 heavy (non-hydrogen) atoms. The van der Waals surface area contributed by atoms with Gasteiger partial charge in [0.15, 0.2) is 52.3 Å². The Morgan fingerprint density at radius 3 is 1.29 bits per heavy atom. The van der Waals surface area contributed by atoms with Gasteiger partial charge in [0.05, 0.1) is 60.9 Å². The van der Waals surface area contributed by atoms with E-state index in [1.54, 1.807) is 54.6 Å². The van der Waals surface area contributed by atoms with Gasteiger partial charge in [-0.2, -0.15) is 0 Å². The summed E-state index contributed by atoms with van der Waals surface area (Å²) in [6, 6.07) is 34.0. The number of benzene rings is 6. The summed E-state index contributed by atoms with van der Waals surface area (Å²) in [5, 5.41) is 6.07. The van der Waals surface area contributed by atoms with E-state index < -0.39 is 67.5 Å². The number of carbonyl (C=O) groups is 5. The van der Waals surface area contributed by atoms with E-state index in [0.29, 0.717) is 82.8 Å². The molecular formula is C115H169N9O16S3. The summed E-state index contributed by atoms with van der Waals surface area (Å²) < 4.78 is 104. The molecule has 0 radical (unpaired) electrons. The Kier molecular flexibility index (Phi) is 53.1. The van der Waals surface area contributed by atoms with Crippen molar-refractivity contribution >= 4 is 96.0 Å². The highest BCUT2D eigenvalue weighted by Gasteiger charge is 2.56. The Labute approximate surface area is 861 Å². The van der Waals surface area contributed by atoms with Crippen molar-refractivity contribution in [2.75, 3.05) is 63.9 Å². The zero-order valence-electron chi connectivity index (χ0n) is 87.9. The molecule has 10 rings (SSSR count). The number of anilines is 2. The Bertz CT molecular complexity index is 5290. The van der Waals surface area contributed by atoms with E-state index in [2.05, 4.69) is 50.2 Å². The molecule has 1 fully saturated rings. The normalized spacial score (nSPS) is 14.3. The number of para-hydroxylation sites is 4. The molecule has 2 N–H and O–H groups in total. The van der Waals surface area contributed by atoms with Gasteiger partial charge in [-0.25, -0.2) is 46.3 Å². The van der Waals surface area contributed by atoms with Crippen LogP contribution in [0.5, 0.6) is 28.7 Å². The van der Waals surface area contributed by atoms with Gasteiger partial charge < -0.3 is 48.4 Å². The molecule has 0 spiro atoms. The average molecular weight is 2030 g/mol. The summed E-state index contributed by atoms with van der Waals surface area (Å²) in [7, 11) is -7.24. The fourth-order valence-electron chi connectivity index (χ4n) is 18.1. The number of carbonyl (C=O) groups excluding carboxylic acids is 5. The van der Waals surface area contributed by atoms with Gasteiger partial charge in [0.2, 0.25) is 0 Å². The molecule has 3 aliphatic rings. The molecule has 2 unspecified atom stereocenters. The lowest BCUT2D eigenvalue weighted by molar-refractivity contribution is -0.137. The minimum Gasteiger partial charge on any atom is -0.494 e. The van der Waals surface area contributed by atoms with E-state index in [0.717, 1.165) is 110 Å². The molecule has 25 nitrogen and oxygen atoms in total. The highest BCUT2D eigenvalue weighted by atomic mass is 32.2. The molecular weight excluding hydrogens is 1860 g/mol. The first-order chi connectivity index (χ1) is 69.5. The Hall–Kier alpha value is -9.77. The number of amides is 4. The third kappa shape index (κ3) is 38.5. The van der Waals surface area contributed by atoms with Crippen molar-refractivity contribution in [1.82, 2.24) is 23.1 Å². The number of hydrogen-bond acceptors (Lipinski definition) is 20. The molecule has 2 atom stereocenters. The third-order valence-electron chi connectivity index (χ3n) is 26.4. The Balaban J connectivity index is 0.000000319. The van der Waals surface area contributed by atoms with Crippen molar-refractivity contribution in [2.45, 2.75) is 414 Å². The second-order valence-corrected chi connectivity index (χ2v) is 43.8. The van der Waals surface area contributed by atoms with Crippen molar-refractivity contribution in [3.8, 4) is 28.7 Å². The van der Waals surface area contributed by atoms with Gasteiger partial charge in [0.25, 0.3) is 37.8 Å². The predicted octanol–water partition coefficient (Wildman–Crippen LogP) is 30.0. The van der Waals surface area contributed by atoms with E-state index in [9.17, 15) is 31.2 Å². The van der Waals surface area contributed by atoms with Crippen molar-refractivity contribution in [1.29, 1.82) is 0 Å². The fraction of sp³-hybridized carbons (Fsp3) is 0.600. The lowest BCUT2D eigenvalue weighted by Gasteiger charge is -2.35. The number of nitrogens with zero attached hydrogens (tertiary/aromatic N) is 7. The second kappa shape index (κ2) is 65.0. The van der Waals surface area contributed by atoms with Gasteiger partial charge in [0.1, 0.15) is 21.3 Å². The molecule has 0 saturated carbocycles. The van der Waals surface area contributed by atoms with Crippen LogP contribution < -0.4 is 29.6 Å². The number of esters is 1. The number of aryl methyl sites for hydroxylation is 2. The van der Waals surface area contributed by atoms with Crippen LogP contribution in [0.4, 0.5) is 27.5 Å².